The van der Waals surface area contributed by atoms with Crippen LogP contribution in [-0.4, -0.2) is 49.5 Å². The maximum absolute atomic E-state index is 12.5. The van der Waals surface area contributed by atoms with Gasteiger partial charge in [-0.3, -0.25) is 9.69 Å². The molecular weight excluding hydrogens is 312 g/mol. The van der Waals surface area contributed by atoms with Crippen molar-refractivity contribution < 1.29 is 9.53 Å². The van der Waals surface area contributed by atoms with Gasteiger partial charge in [0.2, 0.25) is 0 Å². The number of ether oxygens (including phenoxy) is 1. The van der Waals surface area contributed by atoms with Gasteiger partial charge in [-0.05, 0) is 23.8 Å². The molecule has 0 bridgehead atoms. The third-order valence-corrected chi connectivity index (χ3v) is 5.17. The molecule has 0 amide bonds. The number of anilines is 1. The van der Waals surface area contributed by atoms with Crippen LogP contribution in [-0.2, 0) is 11.2 Å². The first-order valence-corrected chi connectivity index (χ1v) is 9.09. The van der Waals surface area contributed by atoms with Crippen molar-refractivity contribution >= 4 is 11.5 Å². The molecule has 130 valence electrons. The highest BCUT2D eigenvalue weighted by molar-refractivity contribution is 5.84. The zero-order valence-electron chi connectivity index (χ0n) is 14.4. The Labute approximate surface area is 149 Å². The number of carbonyl (C=O) groups excluding carboxylic acids is 1. The fourth-order valence-electron chi connectivity index (χ4n) is 3.66. The van der Waals surface area contributed by atoms with E-state index in [1.54, 1.807) is 0 Å². The lowest BCUT2D eigenvalue weighted by molar-refractivity contribution is -0.125. The van der Waals surface area contributed by atoms with Gasteiger partial charge in [0, 0.05) is 51.3 Å². The van der Waals surface area contributed by atoms with Crippen molar-refractivity contribution in [3.05, 3.63) is 60.2 Å². The molecule has 2 aliphatic rings. The van der Waals surface area contributed by atoms with Gasteiger partial charge in [-0.25, -0.2) is 0 Å². The van der Waals surface area contributed by atoms with E-state index in [4.69, 9.17) is 4.74 Å². The molecule has 0 aromatic heterocycles. The predicted octanol–water partition coefficient (Wildman–Crippen LogP) is 2.77. The largest absolute Gasteiger partial charge is 0.482 e. The summed E-state index contributed by atoms with van der Waals surface area (Å²) in [6.45, 7) is 4.88. The van der Waals surface area contributed by atoms with Crippen LogP contribution >= 0.6 is 0 Å². The first kappa shape index (κ1) is 16.2. The van der Waals surface area contributed by atoms with Gasteiger partial charge in [-0.1, -0.05) is 36.4 Å². The fraction of sp³-hybridized carbons (Fsp3) is 0.381. The van der Waals surface area contributed by atoms with E-state index in [0.717, 1.165) is 50.5 Å². The quantitative estimate of drug-likeness (QED) is 0.841. The number of piperazine rings is 1. The Morgan fingerprint density at radius 1 is 0.960 bits per heavy atom. The summed E-state index contributed by atoms with van der Waals surface area (Å²) in [4.78, 5) is 17.3. The zero-order chi connectivity index (χ0) is 17.1. The second-order valence-corrected chi connectivity index (χ2v) is 6.80. The average Bonchev–Trinajstić information content (AvgIpc) is 3.11. The van der Waals surface area contributed by atoms with Gasteiger partial charge in [0.25, 0.3) is 0 Å². The molecule has 2 heterocycles. The van der Waals surface area contributed by atoms with Crippen LogP contribution in [0.5, 0.6) is 5.75 Å². The van der Waals surface area contributed by atoms with Crippen molar-refractivity contribution in [3.63, 3.8) is 0 Å². The van der Waals surface area contributed by atoms with Crippen molar-refractivity contribution in [1.82, 2.24) is 4.90 Å². The minimum absolute atomic E-state index is 0.224. The summed E-state index contributed by atoms with van der Waals surface area (Å²) < 4.78 is 5.81. The Morgan fingerprint density at radius 2 is 1.68 bits per heavy atom. The maximum Gasteiger partial charge on any atom is 0.174 e. The van der Waals surface area contributed by atoms with Gasteiger partial charge < -0.3 is 9.64 Å². The van der Waals surface area contributed by atoms with Crippen LogP contribution in [0.2, 0.25) is 0 Å². The summed E-state index contributed by atoms with van der Waals surface area (Å²) in [5, 5.41) is 0. The van der Waals surface area contributed by atoms with E-state index in [1.165, 1.54) is 5.69 Å². The van der Waals surface area contributed by atoms with Crippen LogP contribution in [0.3, 0.4) is 0 Å². The number of hydrogen-bond donors (Lipinski definition) is 0. The molecule has 1 unspecified atom stereocenters. The van der Waals surface area contributed by atoms with E-state index < -0.39 is 0 Å². The first-order valence-electron chi connectivity index (χ1n) is 9.09. The van der Waals surface area contributed by atoms with Crippen molar-refractivity contribution in [2.24, 2.45) is 0 Å². The average molecular weight is 336 g/mol. The number of ketones is 1. The Kier molecular flexibility index (Phi) is 4.70. The number of Topliss-reactive ketones (excluding diaryl/α,β-unsaturated/α-hetero) is 1. The van der Waals surface area contributed by atoms with Gasteiger partial charge in [0.05, 0.1) is 0 Å². The van der Waals surface area contributed by atoms with E-state index in [0.29, 0.717) is 6.42 Å². The van der Waals surface area contributed by atoms with E-state index in [9.17, 15) is 4.79 Å². The molecule has 0 N–H and O–H groups in total. The lowest BCUT2D eigenvalue weighted by atomic mass is 10.1. The van der Waals surface area contributed by atoms with Gasteiger partial charge >= 0.3 is 0 Å². The number of nitrogens with zero attached hydrogens (tertiary/aromatic N) is 2. The molecular formula is C21H24N2O2. The van der Waals surface area contributed by atoms with Crippen LogP contribution in [0.25, 0.3) is 0 Å². The van der Waals surface area contributed by atoms with Crippen LogP contribution in [0.15, 0.2) is 54.6 Å². The van der Waals surface area contributed by atoms with Gasteiger partial charge in [0.15, 0.2) is 11.9 Å². The van der Waals surface area contributed by atoms with E-state index >= 15 is 0 Å². The lowest BCUT2D eigenvalue weighted by Gasteiger charge is -2.36. The number of rotatable bonds is 5. The molecule has 0 saturated carbocycles. The molecule has 25 heavy (non-hydrogen) atoms. The highest BCUT2D eigenvalue weighted by Crippen LogP contribution is 2.29. The molecule has 1 saturated heterocycles. The Balaban J connectivity index is 1.23. The molecule has 2 aromatic rings. The lowest BCUT2D eigenvalue weighted by Crippen LogP contribution is -2.47. The number of benzene rings is 2. The minimum atomic E-state index is -0.289. The highest BCUT2D eigenvalue weighted by Gasteiger charge is 2.28. The van der Waals surface area contributed by atoms with Crippen LogP contribution in [0.1, 0.15) is 12.0 Å². The predicted molar refractivity (Wildman–Crippen MR) is 99.3 cm³/mol. The summed E-state index contributed by atoms with van der Waals surface area (Å²) in [5.74, 6) is 1.10. The molecule has 0 radical (unpaired) electrons. The molecule has 0 aliphatic carbocycles. The highest BCUT2D eigenvalue weighted by atomic mass is 16.5. The molecule has 4 rings (SSSR count). The smallest absolute Gasteiger partial charge is 0.174 e. The van der Waals surface area contributed by atoms with Gasteiger partial charge in [0.1, 0.15) is 5.75 Å². The third kappa shape index (κ3) is 3.69. The normalized spacial score (nSPS) is 20.2. The topological polar surface area (TPSA) is 32.8 Å². The third-order valence-electron chi connectivity index (χ3n) is 5.17. The summed E-state index contributed by atoms with van der Waals surface area (Å²) in [6, 6.07) is 18.5. The zero-order valence-corrected chi connectivity index (χ0v) is 14.4. The minimum Gasteiger partial charge on any atom is -0.482 e. The van der Waals surface area contributed by atoms with Crippen LogP contribution < -0.4 is 9.64 Å². The summed E-state index contributed by atoms with van der Waals surface area (Å²) in [7, 11) is 0. The van der Waals surface area contributed by atoms with E-state index in [-0.39, 0.29) is 11.9 Å². The van der Waals surface area contributed by atoms with Crippen molar-refractivity contribution in [2.75, 3.05) is 37.6 Å². The van der Waals surface area contributed by atoms with Gasteiger partial charge in [-0.15, -0.1) is 0 Å². The maximum atomic E-state index is 12.5. The number of hydrogen-bond acceptors (Lipinski definition) is 4. The molecule has 2 aliphatic heterocycles. The van der Waals surface area contributed by atoms with Crippen molar-refractivity contribution in [2.45, 2.75) is 18.9 Å². The monoisotopic (exact) mass is 336 g/mol. The summed E-state index contributed by atoms with van der Waals surface area (Å²) >= 11 is 0. The molecule has 0 spiro atoms. The first-order chi connectivity index (χ1) is 12.3. The Bertz CT molecular complexity index is 699. The SMILES string of the molecule is O=C(CCN1CCN(c2ccccc2)CC1)C1Cc2ccccc2O1. The molecule has 4 nitrogen and oxygen atoms in total. The van der Waals surface area contributed by atoms with Crippen molar-refractivity contribution in [3.8, 4) is 5.75 Å². The van der Waals surface area contributed by atoms with Crippen LogP contribution in [0, 0.1) is 0 Å². The summed E-state index contributed by atoms with van der Waals surface area (Å²) in [6.07, 6.45) is 1.00. The Morgan fingerprint density at radius 3 is 2.44 bits per heavy atom. The standard InChI is InChI=1S/C21H24N2O2/c24-19(21-16-17-6-4-5-9-20(17)25-21)10-11-22-12-14-23(15-13-22)18-7-2-1-3-8-18/h1-9,21H,10-16H2. The van der Waals surface area contributed by atoms with Gasteiger partial charge in [-0.2, -0.15) is 0 Å². The van der Waals surface area contributed by atoms with Crippen molar-refractivity contribution in [1.29, 1.82) is 0 Å². The Hall–Kier alpha value is -2.33. The number of carbonyl (C=O) groups is 1. The molecule has 2 aromatic carbocycles. The molecule has 1 fully saturated rings. The second-order valence-electron chi connectivity index (χ2n) is 6.80. The number of fused-ring (bicyclic) bond motifs is 1. The molecule has 1 atom stereocenters. The van der Waals surface area contributed by atoms with Crippen LogP contribution in [0.4, 0.5) is 5.69 Å². The number of para-hydroxylation sites is 2. The van der Waals surface area contributed by atoms with E-state index in [2.05, 4.69) is 40.1 Å². The summed E-state index contributed by atoms with van der Waals surface area (Å²) in [5.41, 5.74) is 2.44. The second kappa shape index (κ2) is 7.28. The fourth-order valence-corrected chi connectivity index (χ4v) is 3.66. The molecule has 4 heteroatoms. The van der Waals surface area contributed by atoms with E-state index in [1.807, 2.05) is 24.3 Å².